The van der Waals surface area contributed by atoms with Crippen molar-refractivity contribution in [3.8, 4) is 5.75 Å². The summed E-state index contributed by atoms with van der Waals surface area (Å²) in [6.45, 7) is 6.49. The molecule has 24 heavy (non-hydrogen) atoms. The number of primary amides is 1. The second-order valence-electron chi connectivity index (χ2n) is 5.82. The summed E-state index contributed by atoms with van der Waals surface area (Å²) in [6.07, 6.45) is 0.268. The summed E-state index contributed by atoms with van der Waals surface area (Å²) in [5.41, 5.74) is 7.39. The number of thioether (sulfide) groups is 1. The number of nitrogen functional groups attached to an aromatic ring is 1. The Morgan fingerprint density at radius 3 is 2.79 bits per heavy atom. The maximum absolute atomic E-state index is 10.8. The second kappa shape index (κ2) is 8.05. The predicted octanol–water partition coefficient (Wildman–Crippen LogP) is 1.97. The highest BCUT2D eigenvalue weighted by atomic mass is 32.2. The van der Waals surface area contributed by atoms with Crippen molar-refractivity contribution in [2.24, 2.45) is 5.73 Å². The second-order valence-corrected chi connectivity index (χ2v) is 6.88. The summed E-state index contributed by atoms with van der Waals surface area (Å²) in [5.74, 6) is 7.86. The lowest BCUT2D eigenvalue weighted by molar-refractivity contribution is -0.117. The molecule has 0 saturated heterocycles. The molecule has 0 fully saturated rings. The number of amides is 1. The molecule has 2 aromatic rings. The molecule has 0 radical (unpaired) electrons. The molecule has 0 saturated carbocycles. The summed E-state index contributed by atoms with van der Waals surface area (Å²) in [6, 6.07) is 6.16. The number of carbonyl (C=O) groups excluding carboxylic acids is 1. The number of aryl methyl sites for hydroxylation is 1. The fourth-order valence-electron chi connectivity index (χ4n) is 2.13. The smallest absolute Gasteiger partial charge is 0.218 e. The van der Waals surface area contributed by atoms with Gasteiger partial charge in [-0.15, -0.1) is 10.2 Å². The molecule has 4 N–H and O–H groups in total. The highest BCUT2D eigenvalue weighted by molar-refractivity contribution is 7.99. The molecule has 1 amide bonds. The largest absolute Gasteiger partial charge is 0.485 e. The molecule has 0 bridgehead atoms. The van der Waals surface area contributed by atoms with Crippen molar-refractivity contribution in [3.05, 3.63) is 35.2 Å². The minimum Gasteiger partial charge on any atom is -0.485 e. The van der Waals surface area contributed by atoms with Gasteiger partial charge in [-0.2, -0.15) is 0 Å². The first-order chi connectivity index (χ1) is 11.4. The van der Waals surface area contributed by atoms with E-state index in [1.54, 1.807) is 0 Å². The van der Waals surface area contributed by atoms with Gasteiger partial charge < -0.3 is 16.3 Å². The molecule has 0 spiro atoms. The monoisotopic (exact) mass is 349 g/mol. The Morgan fingerprint density at radius 2 is 2.12 bits per heavy atom. The van der Waals surface area contributed by atoms with Gasteiger partial charge >= 0.3 is 0 Å². The predicted molar refractivity (Wildman–Crippen MR) is 94.3 cm³/mol. The van der Waals surface area contributed by atoms with Crippen LogP contribution in [0.5, 0.6) is 5.75 Å². The van der Waals surface area contributed by atoms with Crippen LogP contribution in [-0.4, -0.2) is 26.5 Å². The highest BCUT2D eigenvalue weighted by Gasteiger charge is 2.13. The van der Waals surface area contributed by atoms with Crippen LogP contribution in [0.4, 0.5) is 0 Å². The Kier molecular flexibility index (Phi) is 6.08. The Labute approximate surface area is 145 Å². The summed E-state index contributed by atoms with van der Waals surface area (Å²) in [5, 5.41) is 8.60. The molecule has 0 aliphatic rings. The van der Waals surface area contributed by atoms with Crippen LogP contribution in [0.15, 0.2) is 23.4 Å². The van der Waals surface area contributed by atoms with E-state index in [1.807, 2.05) is 13.0 Å². The van der Waals surface area contributed by atoms with E-state index in [-0.39, 0.29) is 18.9 Å². The van der Waals surface area contributed by atoms with E-state index in [2.05, 4.69) is 36.2 Å². The first-order valence-electron chi connectivity index (χ1n) is 7.72. The molecular formula is C16H23N5O2S. The number of benzene rings is 1. The molecule has 130 valence electrons. The van der Waals surface area contributed by atoms with Gasteiger partial charge in [-0.25, -0.2) is 4.68 Å². The lowest BCUT2D eigenvalue weighted by atomic mass is 10.0. The van der Waals surface area contributed by atoms with Gasteiger partial charge in [0, 0.05) is 12.2 Å². The lowest BCUT2D eigenvalue weighted by Gasteiger charge is -2.14. The van der Waals surface area contributed by atoms with Gasteiger partial charge in [0.05, 0.1) is 0 Å². The Balaban J connectivity index is 2.04. The van der Waals surface area contributed by atoms with Gasteiger partial charge in [-0.1, -0.05) is 37.7 Å². The van der Waals surface area contributed by atoms with Crippen LogP contribution in [0.3, 0.4) is 0 Å². The van der Waals surface area contributed by atoms with Gasteiger partial charge in [0.2, 0.25) is 11.1 Å². The number of aromatic nitrogens is 3. The van der Waals surface area contributed by atoms with Crippen molar-refractivity contribution in [1.82, 2.24) is 14.9 Å². The molecule has 2 rings (SSSR count). The first-order valence-corrected chi connectivity index (χ1v) is 8.71. The van der Waals surface area contributed by atoms with Crippen molar-refractivity contribution >= 4 is 17.7 Å². The van der Waals surface area contributed by atoms with E-state index in [9.17, 15) is 4.79 Å². The van der Waals surface area contributed by atoms with Gasteiger partial charge in [0.1, 0.15) is 12.4 Å². The van der Waals surface area contributed by atoms with Gasteiger partial charge in [-0.3, -0.25) is 4.79 Å². The van der Waals surface area contributed by atoms with Gasteiger partial charge in [0.25, 0.3) is 0 Å². The number of rotatable bonds is 8. The van der Waals surface area contributed by atoms with Crippen LogP contribution in [0.1, 0.15) is 43.1 Å². The Bertz CT molecular complexity index is 714. The summed E-state index contributed by atoms with van der Waals surface area (Å²) < 4.78 is 7.30. The van der Waals surface area contributed by atoms with E-state index in [4.69, 9.17) is 16.3 Å². The SMILES string of the molecule is Cc1ccc(C(C)C)c(OCc2nnc(SCCC(N)=O)n2N)c1. The van der Waals surface area contributed by atoms with Crippen molar-refractivity contribution in [2.75, 3.05) is 11.6 Å². The van der Waals surface area contributed by atoms with Crippen molar-refractivity contribution in [2.45, 2.75) is 44.9 Å². The zero-order chi connectivity index (χ0) is 17.7. The number of hydrogen-bond acceptors (Lipinski definition) is 6. The zero-order valence-electron chi connectivity index (χ0n) is 14.2. The molecule has 1 aromatic carbocycles. The molecule has 8 heteroatoms. The average Bonchev–Trinajstić information content (AvgIpc) is 2.85. The molecule has 1 aromatic heterocycles. The van der Waals surface area contributed by atoms with Crippen LogP contribution >= 0.6 is 11.8 Å². The number of carbonyl (C=O) groups is 1. The Morgan fingerprint density at radius 1 is 1.38 bits per heavy atom. The van der Waals surface area contributed by atoms with Crippen molar-refractivity contribution < 1.29 is 9.53 Å². The van der Waals surface area contributed by atoms with Crippen LogP contribution in [-0.2, 0) is 11.4 Å². The minimum absolute atomic E-state index is 0.225. The normalized spacial score (nSPS) is 11.0. The molecule has 7 nitrogen and oxygen atoms in total. The summed E-state index contributed by atoms with van der Waals surface area (Å²) in [7, 11) is 0. The van der Waals surface area contributed by atoms with Gasteiger partial charge in [0.15, 0.2) is 5.82 Å². The quantitative estimate of drug-likeness (QED) is 0.557. The molecular weight excluding hydrogens is 326 g/mol. The summed E-state index contributed by atoms with van der Waals surface area (Å²) in [4.78, 5) is 10.8. The third-order valence-electron chi connectivity index (χ3n) is 3.46. The number of hydrogen-bond donors (Lipinski definition) is 2. The van der Waals surface area contributed by atoms with Crippen LogP contribution in [0, 0.1) is 6.92 Å². The number of nitrogens with zero attached hydrogens (tertiary/aromatic N) is 3. The lowest BCUT2D eigenvalue weighted by Crippen LogP contribution is -2.16. The third-order valence-corrected chi connectivity index (χ3v) is 4.41. The van der Waals surface area contributed by atoms with E-state index in [0.29, 0.717) is 22.7 Å². The standard InChI is InChI=1S/C16H23N5O2S/c1-10(2)12-5-4-11(3)8-13(12)23-9-15-19-20-16(21(15)18)24-7-6-14(17)22/h4-5,8,10H,6-7,9,18H2,1-3H3,(H2,17,22). The fourth-order valence-corrected chi connectivity index (χ4v) is 2.96. The number of ether oxygens (including phenoxy) is 1. The Hall–Kier alpha value is -2.22. The molecule has 0 aliphatic carbocycles. The molecule has 0 atom stereocenters. The maximum Gasteiger partial charge on any atom is 0.218 e. The maximum atomic E-state index is 10.8. The number of nitrogens with two attached hydrogens (primary N) is 2. The zero-order valence-corrected chi connectivity index (χ0v) is 15.0. The molecule has 0 aliphatic heterocycles. The average molecular weight is 349 g/mol. The highest BCUT2D eigenvalue weighted by Crippen LogP contribution is 2.28. The topological polar surface area (TPSA) is 109 Å². The fraction of sp³-hybridized carbons (Fsp3) is 0.438. The van der Waals surface area contributed by atoms with E-state index in [1.165, 1.54) is 16.4 Å². The van der Waals surface area contributed by atoms with E-state index < -0.39 is 0 Å². The van der Waals surface area contributed by atoms with Crippen LogP contribution in [0.2, 0.25) is 0 Å². The van der Waals surface area contributed by atoms with Crippen molar-refractivity contribution in [1.29, 1.82) is 0 Å². The van der Waals surface area contributed by atoms with Crippen LogP contribution in [0.25, 0.3) is 0 Å². The summed E-state index contributed by atoms with van der Waals surface area (Å²) >= 11 is 1.34. The van der Waals surface area contributed by atoms with Crippen LogP contribution < -0.4 is 16.3 Å². The van der Waals surface area contributed by atoms with E-state index >= 15 is 0 Å². The molecule has 1 heterocycles. The molecule has 0 unspecified atom stereocenters. The minimum atomic E-state index is -0.352. The van der Waals surface area contributed by atoms with Crippen molar-refractivity contribution in [3.63, 3.8) is 0 Å². The third kappa shape index (κ3) is 4.64. The first kappa shape index (κ1) is 18.1. The van der Waals surface area contributed by atoms with E-state index in [0.717, 1.165) is 16.9 Å². The van der Waals surface area contributed by atoms with Gasteiger partial charge in [-0.05, 0) is 30.0 Å².